The van der Waals surface area contributed by atoms with Crippen LogP contribution >= 0.6 is 22.9 Å². The lowest BCUT2D eigenvalue weighted by atomic mass is 10.0. The first-order valence-electron chi connectivity index (χ1n) is 10.9. The van der Waals surface area contributed by atoms with Gasteiger partial charge < -0.3 is 19.7 Å². The molecule has 3 aromatic rings. The molecule has 0 fully saturated rings. The molecular weight excluding hydrogens is 428 g/mol. The Morgan fingerprint density at radius 3 is 2.77 bits per heavy atom. The molecule has 0 radical (unpaired) electrons. The first-order valence-corrected chi connectivity index (χ1v) is 12.1. The number of carbonyl (C=O) groups excluding carboxylic acids is 1. The van der Waals surface area contributed by atoms with Crippen LogP contribution in [0.25, 0.3) is 5.00 Å². The fourth-order valence-electron chi connectivity index (χ4n) is 4.68. The van der Waals surface area contributed by atoms with Gasteiger partial charge in [0.1, 0.15) is 5.00 Å². The largest absolute Gasteiger partial charge is 0.338 e. The van der Waals surface area contributed by atoms with Gasteiger partial charge in [-0.2, -0.15) is 0 Å². The summed E-state index contributed by atoms with van der Waals surface area (Å²) in [5.74, 6) is 0. The van der Waals surface area contributed by atoms with Crippen LogP contribution in [0.15, 0.2) is 42.6 Å². The molecular formula is C24H27ClN4OS. The van der Waals surface area contributed by atoms with Crippen molar-refractivity contribution in [3.05, 3.63) is 74.9 Å². The molecule has 5 nitrogen and oxygen atoms in total. The third-order valence-electron chi connectivity index (χ3n) is 6.23. The quantitative estimate of drug-likeness (QED) is 0.590. The molecule has 0 aliphatic carbocycles. The zero-order valence-electron chi connectivity index (χ0n) is 17.9. The summed E-state index contributed by atoms with van der Waals surface area (Å²) in [5, 5.41) is 5.08. The van der Waals surface area contributed by atoms with Crippen molar-refractivity contribution in [3.63, 3.8) is 0 Å². The van der Waals surface area contributed by atoms with E-state index in [-0.39, 0.29) is 12.1 Å². The Morgan fingerprint density at radius 1 is 1.19 bits per heavy atom. The van der Waals surface area contributed by atoms with Gasteiger partial charge in [0.05, 0.1) is 18.3 Å². The number of hydrogen-bond donors (Lipinski definition) is 1. The maximum absolute atomic E-state index is 13.4. The van der Waals surface area contributed by atoms with Crippen molar-refractivity contribution in [2.24, 2.45) is 0 Å². The lowest BCUT2D eigenvalue weighted by molar-refractivity contribution is 0.180. The summed E-state index contributed by atoms with van der Waals surface area (Å²) in [6.45, 7) is 5.39. The van der Waals surface area contributed by atoms with Crippen molar-refractivity contribution in [2.45, 2.75) is 38.9 Å². The third-order valence-corrected chi connectivity index (χ3v) is 7.74. The first-order chi connectivity index (χ1) is 15.1. The highest BCUT2D eigenvalue weighted by Gasteiger charge is 2.36. The monoisotopic (exact) mass is 454 g/mol. The molecule has 0 saturated carbocycles. The maximum atomic E-state index is 13.4. The second-order valence-electron chi connectivity index (χ2n) is 8.39. The van der Waals surface area contributed by atoms with Gasteiger partial charge in [-0.25, -0.2) is 4.79 Å². The van der Waals surface area contributed by atoms with E-state index in [9.17, 15) is 4.79 Å². The number of fused-ring (bicyclic) bond motifs is 5. The van der Waals surface area contributed by atoms with Gasteiger partial charge in [-0.15, -0.1) is 11.3 Å². The van der Waals surface area contributed by atoms with Crippen molar-refractivity contribution in [2.75, 3.05) is 20.1 Å². The van der Waals surface area contributed by atoms with Crippen LogP contribution in [0.3, 0.4) is 0 Å². The van der Waals surface area contributed by atoms with Crippen LogP contribution in [0.4, 0.5) is 4.79 Å². The minimum absolute atomic E-state index is 0.0183. The highest BCUT2D eigenvalue weighted by atomic mass is 35.5. The van der Waals surface area contributed by atoms with E-state index in [2.05, 4.69) is 47.1 Å². The number of halogens is 1. The topological polar surface area (TPSA) is 40.5 Å². The molecule has 1 atom stereocenters. The summed E-state index contributed by atoms with van der Waals surface area (Å²) in [7, 11) is 2.18. The van der Waals surface area contributed by atoms with E-state index in [0.29, 0.717) is 18.1 Å². The van der Waals surface area contributed by atoms with E-state index in [1.807, 2.05) is 40.5 Å². The van der Waals surface area contributed by atoms with E-state index in [1.165, 1.54) is 21.0 Å². The van der Waals surface area contributed by atoms with Crippen molar-refractivity contribution in [1.82, 2.24) is 19.7 Å². The van der Waals surface area contributed by atoms with Gasteiger partial charge in [-0.3, -0.25) is 0 Å². The van der Waals surface area contributed by atoms with Crippen LogP contribution in [0, 0.1) is 0 Å². The van der Waals surface area contributed by atoms with Gasteiger partial charge in [0.25, 0.3) is 0 Å². The van der Waals surface area contributed by atoms with Gasteiger partial charge in [-0.1, -0.05) is 30.7 Å². The lowest BCUT2D eigenvalue weighted by Gasteiger charge is -2.32. The molecule has 4 heterocycles. The molecule has 0 unspecified atom stereocenters. The van der Waals surface area contributed by atoms with Crippen molar-refractivity contribution in [3.8, 4) is 5.00 Å². The van der Waals surface area contributed by atoms with Gasteiger partial charge in [-0.05, 0) is 55.3 Å². The molecule has 1 N–H and O–H groups in total. The van der Waals surface area contributed by atoms with E-state index < -0.39 is 0 Å². The van der Waals surface area contributed by atoms with E-state index >= 15 is 0 Å². The average Bonchev–Trinajstić information content (AvgIpc) is 3.34. The standard InChI is InChI=1S/C24H27ClN4OS/c1-3-11-26-24(30)29-14-19-18-10-13-27(2)15-21(18)31-23(19)28-12-4-5-20(28)22(29)16-6-8-17(25)9-7-16/h4-9,12,22H,3,10-11,13-15H2,1-2H3,(H,26,30)/t22-/m0/s1. The zero-order valence-corrected chi connectivity index (χ0v) is 19.5. The van der Waals surface area contributed by atoms with E-state index in [1.54, 1.807) is 0 Å². The number of nitrogens with one attached hydrogen (secondary N) is 1. The summed E-state index contributed by atoms with van der Waals surface area (Å²) in [6, 6.07) is 11.9. The van der Waals surface area contributed by atoms with Crippen LogP contribution in [-0.2, 0) is 19.5 Å². The molecule has 0 spiro atoms. The Bertz CT molecular complexity index is 1100. The Hall–Kier alpha value is -2.28. The SMILES string of the molecule is CCCNC(=O)N1Cc2c(sc3c2CCN(C)C3)-n2cccc2[C@@H]1c1ccc(Cl)cc1. The number of thiophene rings is 1. The molecule has 0 bridgehead atoms. The van der Waals surface area contributed by atoms with Gasteiger partial charge in [0.2, 0.25) is 0 Å². The molecule has 2 amide bonds. The van der Waals surface area contributed by atoms with Crippen LogP contribution in [-0.4, -0.2) is 40.5 Å². The fourth-order valence-corrected chi connectivity index (χ4v) is 6.25. The van der Waals surface area contributed by atoms with Gasteiger partial charge in [0, 0.05) is 41.3 Å². The van der Waals surface area contributed by atoms with Gasteiger partial charge in [0.15, 0.2) is 0 Å². The lowest BCUT2D eigenvalue weighted by Crippen LogP contribution is -2.42. The summed E-state index contributed by atoms with van der Waals surface area (Å²) in [5.41, 5.74) is 4.91. The summed E-state index contributed by atoms with van der Waals surface area (Å²) < 4.78 is 2.30. The Balaban J connectivity index is 1.67. The first kappa shape index (κ1) is 20.6. The summed E-state index contributed by atoms with van der Waals surface area (Å²) in [4.78, 5) is 19.2. The molecule has 7 heteroatoms. The highest BCUT2D eigenvalue weighted by Crippen LogP contribution is 2.43. The number of likely N-dealkylation sites (N-methyl/N-ethyl adjacent to an activating group) is 1. The molecule has 0 saturated heterocycles. The number of nitrogens with zero attached hydrogens (tertiary/aromatic N) is 3. The number of carbonyl (C=O) groups is 1. The average molecular weight is 455 g/mol. The van der Waals surface area contributed by atoms with Crippen molar-refractivity contribution in [1.29, 1.82) is 0 Å². The Labute approximate surface area is 192 Å². The maximum Gasteiger partial charge on any atom is 0.318 e. The van der Waals surface area contributed by atoms with Crippen LogP contribution < -0.4 is 5.32 Å². The predicted octanol–water partition coefficient (Wildman–Crippen LogP) is 5.20. The molecule has 1 aromatic carbocycles. The van der Waals surface area contributed by atoms with Crippen LogP contribution in [0.5, 0.6) is 0 Å². The number of urea groups is 1. The second-order valence-corrected chi connectivity index (χ2v) is 9.91. The molecule has 31 heavy (non-hydrogen) atoms. The van der Waals surface area contributed by atoms with E-state index in [4.69, 9.17) is 11.6 Å². The molecule has 2 aliphatic rings. The highest BCUT2D eigenvalue weighted by molar-refractivity contribution is 7.15. The van der Waals surface area contributed by atoms with Crippen molar-refractivity contribution < 1.29 is 4.79 Å². The van der Waals surface area contributed by atoms with Crippen LogP contribution in [0.2, 0.25) is 5.02 Å². The Morgan fingerprint density at radius 2 is 2.00 bits per heavy atom. The summed E-state index contributed by atoms with van der Waals surface area (Å²) >= 11 is 8.05. The molecule has 5 rings (SSSR count). The molecule has 162 valence electrons. The van der Waals surface area contributed by atoms with Crippen LogP contribution in [0.1, 0.15) is 46.6 Å². The minimum Gasteiger partial charge on any atom is -0.338 e. The number of rotatable bonds is 3. The van der Waals surface area contributed by atoms with Gasteiger partial charge >= 0.3 is 6.03 Å². The van der Waals surface area contributed by atoms with E-state index in [0.717, 1.165) is 37.2 Å². The smallest absolute Gasteiger partial charge is 0.318 e. The third kappa shape index (κ3) is 3.67. The predicted molar refractivity (Wildman–Crippen MR) is 126 cm³/mol. The fraction of sp³-hybridized carbons (Fsp3) is 0.375. The number of amides is 2. The number of benzene rings is 1. The molecule has 2 aromatic heterocycles. The summed E-state index contributed by atoms with van der Waals surface area (Å²) in [6.07, 6.45) is 4.08. The Kier molecular flexibility index (Phi) is 5.54. The molecule has 2 aliphatic heterocycles. The van der Waals surface area contributed by atoms with Crippen molar-refractivity contribution >= 4 is 29.0 Å². The zero-order chi connectivity index (χ0) is 21.5. The number of hydrogen-bond acceptors (Lipinski definition) is 3. The second kappa shape index (κ2) is 8.34. The number of aromatic nitrogens is 1. The normalized spacial score (nSPS) is 18.2. The minimum atomic E-state index is -0.175.